The van der Waals surface area contributed by atoms with Crippen molar-refractivity contribution >= 4 is 5.82 Å². The lowest BCUT2D eigenvalue weighted by Gasteiger charge is -2.01. The molecule has 88 valence electrons. The molecule has 1 aliphatic rings. The first-order chi connectivity index (χ1) is 8.24. The Labute approximate surface area is 96.3 Å². The van der Waals surface area contributed by atoms with Crippen molar-refractivity contribution in [1.29, 1.82) is 0 Å². The predicted molar refractivity (Wildman–Crippen MR) is 61.2 cm³/mol. The molecule has 6 nitrogen and oxygen atoms in total. The molecule has 0 spiro atoms. The van der Waals surface area contributed by atoms with Crippen LogP contribution < -0.4 is 20.8 Å². The van der Waals surface area contributed by atoms with E-state index in [0.29, 0.717) is 23.6 Å². The smallest absolute Gasteiger partial charge is 0.269 e. The predicted octanol–water partition coefficient (Wildman–Crippen LogP) is 0.605. The number of aromatic nitrogens is 2. The zero-order valence-electron chi connectivity index (χ0n) is 8.95. The monoisotopic (exact) mass is 233 g/mol. The number of nitrogens with two attached hydrogens (primary N) is 1. The SMILES string of the molecule is Nc1[nH][nH]c(=O)c1Cc1ccc2c(c1)OCO2. The highest BCUT2D eigenvalue weighted by Gasteiger charge is 2.15. The first-order valence-electron chi connectivity index (χ1n) is 5.17. The van der Waals surface area contributed by atoms with E-state index in [0.717, 1.165) is 11.3 Å². The van der Waals surface area contributed by atoms with Gasteiger partial charge in [0.15, 0.2) is 11.5 Å². The summed E-state index contributed by atoms with van der Waals surface area (Å²) in [6, 6.07) is 5.57. The van der Waals surface area contributed by atoms with Gasteiger partial charge < -0.3 is 15.2 Å². The molecule has 2 heterocycles. The summed E-state index contributed by atoms with van der Waals surface area (Å²) in [5.41, 5.74) is 6.95. The zero-order chi connectivity index (χ0) is 11.8. The number of ether oxygens (including phenoxy) is 2. The average Bonchev–Trinajstić information content (AvgIpc) is 2.90. The average molecular weight is 233 g/mol. The van der Waals surface area contributed by atoms with Crippen molar-refractivity contribution in [2.75, 3.05) is 12.5 Å². The molecule has 0 saturated carbocycles. The van der Waals surface area contributed by atoms with Crippen LogP contribution in [0.1, 0.15) is 11.1 Å². The van der Waals surface area contributed by atoms with Crippen LogP contribution in [0.15, 0.2) is 23.0 Å². The quantitative estimate of drug-likeness (QED) is 0.708. The number of nitrogens with one attached hydrogen (secondary N) is 2. The largest absolute Gasteiger partial charge is 0.454 e. The van der Waals surface area contributed by atoms with E-state index >= 15 is 0 Å². The standard InChI is InChI=1S/C11H11N3O3/c12-10-7(11(15)14-13-10)3-6-1-2-8-9(4-6)17-5-16-8/h1-2,4H,3,5H2,(H4,12,13,14,15). The van der Waals surface area contributed by atoms with Crippen LogP contribution in [0, 0.1) is 0 Å². The fourth-order valence-electron chi connectivity index (χ4n) is 1.83. The molecule has 0 atom stereocenters. The molecule has 0 bridgehead atoms. The third-order valence-electron chi connectivity index (χ3n) is 2.73. The van der Waals surface area contributed by atoms with Crippen molar-refractivity contribution in [2.24, 2.45) is 0 Å². The molecule has 3 rings (SSSR count). The van der Waals surface area contributed by atoms with E-state index in [1.165, 1.54) is 0 Å². The molecule has 0 aliphatic carbocycles. The Morgan fingerprint density at radius 3 is 2.82 bits per heavy atom. The summed E-state index contributed by atoms with van der Waals surface area (Å²) in [5, 5.41) is 5.04. The summed E-state index contributed by atoms with van der Waals surface area (Å²) in [7, 11) is 0. The van der Waals surface area contributed by atoms with Crippen LogP contribution in [0.4, 0.5) is 5.82 Å². The number of benzene rings is 1. The molecule has 17 heavy (non-hydrogen) atoms. The van der Waals surface area contributed by atoms with Crippen LogP contribution in [0.3, 0.4) is 0 Å². The van der Waals surface area contributed by atoms with Crippen molar-refractivity contribution in [3.8, 4) is 11.5 Å². The molecule has 0 unspecified atom stereocenters. The first-order valence-corrected chi connectivity index (χ1v) is 5.17. The number of anilines is 1. The number of hydrogen-bond donors (Lipinski definition) is 3. The number of aromatic amines is 2. The fraction of sp³-hybridized carbons (Fsp3) is 0.182. The van der Waals surface area contributed by atoms with E-state index in [9.17, 15) is 4.79 Å². The van der Waals surface area contributed by atoms with Gasteiger partial charge in [0.25, 0.3) is 5.56 Å². The topological polar surface area (TPSA) is 93.1 Å². The first kappa shape index (κ1) is 9.83. The zero-order valence-corrected chi connectivity index (χ0v) is 8.95. The van der Waals surface area contributed by atoms with E-state index in [1.807, 2.05) is 18.2 Å². The maximum absolute atomic E-state index is 11.5. The van der Waals surface area contributed by atoms with Crippen LogP contribution in [-0.4, -0.2) is 17.0 Å². The second-order valence-electron chi connectivity index (χ2n) is 3.84. The van der Waals surface area contributed by atoms with Crippen LogP contribution in [0.5, 0.6) is 11.5 Å². The Balaban J connectivity index is 1.94. The maximum atomic E-state index is 11.5. The lowest BCUT2D eigenvalue weighted by Crippen LogP contribution is -2.07. The number of rotatable bonds is 2. The van der Waals surface area contributed by atoms with E-state index in [-0.39, 0.29) is 12.4 Å². The normalized spacial score (nSPS) is 12.9. The van der Waals surface area contributed by atoms with Gasteiger partial charge in [0.1, 0.15) is 5.82 Å². The lowest BCUT2D eigenvalue weighted by atomic mass is 10.1. The van der Waals surface area contributed by atoms with Gasteiger partial charge in [-0.2, -0.15) is 0 Å². The highest BCUT2D eigenvalue weighted by molar-refractivity contribution is 5.47. The van der Waals surface area contributed by atoms with Gasteiger partial charge in [-0.1, -0.05) is 6.07 Å². The van der Waals surface area contributed by atoms with Gasteiger partial charge in [0.2, 0.25) is 6.79 Å². The molecule has 0 radical (unpaired) electrons. The lowest BCUT2D eigenvalue weighted by molar-refractivity contribution is 0.174. The van der Waals surface area contributed by atoms with Gasteiger partial charge in [-0.3, -0.25) is 15.0 Å². The molecule has 0 amide bonds. The van der Waals surface area contributed by atoms with Crippen molar-refractivity contribution in [3.05, 3.63) is 39.7 Å². The van der Waals surface area contributed by atoms with Gasteiger partial charge in [0.05, 0.1) is 5.56 Å². The molecule has 2 aromatic rings. The minimum atomic E-state index is -0.194. The number of H-pyrrole nitrogens is 2. The van der Waals surface area contributed by atoms with E-state index in [4.69, 9.17) is 15.2 Å². The summed E-state index contributed by atoms with van der Waals surface area (Å²) < 4.78 is 10.5. The molecule has 0 saturated heterocycles. The second-order valence-corrected chi connectivity index (χ2v) is 3.84. The molecule has 6 heteroatoms. The summed E-state index contributed by atoms with van der Waals surface area (Å²) in [5.74, 6) is 1.80. The minimum Gasteiger partial charge on any atom is -0.454 e. The molecule has 4 N–H and O–H groups in total. The van der Waals surface area contributed by atoms with E-state index in [2.05, 4.69) is 10.2 Å². The summed E-state index contributed by atoms with van der Waals surface area (Å²) in [6.07, 6.45) is 0.460. The van der Waals surface area contributed by atoms with E-state index in [1.54, 1.807) is 0 Å². The summed E-state index contributed by atoms with van der Waals surface area (Å²) in [4.78, 5) is 11.5. The Hall–Kier alpha value is -2.37. The van der Waals surface area contributed by atoms with Crippen LogP contribution in [-0.2, 0) is 6.42 Å². The summed E-state index contributed by atoms with van der Waals surface area (Å²) in [6.45, 7) is 0.242. The summed E-state index contributed by atoms with van der Waals surface area (Å²) >= 11 is 0. The molecule has 0 fully saturated rings. The van der Waals surface area contributed by atoms with Gasteiger partial charge >= 0.3 is 0 Å². The highest BCUT2D eigenvalue weighted by atomic mass is 16.7. The highest BCUT2D eigenvalue weighted by Crippen LogP contribution is 2.33. The van der Waals surface area contributed by atoms with Gasteiger partial charge in [0, 0.05) is 6.42 Å². The number of nitrogen functional groups attached to an aromatic ring is 1. The molecular formula is C11H11N3O3. The van der Waals surface area contributed by atoms with Crippen molar-refractivity contribution in [3.63, 3.8) is 0 Å². The maximum Gasteiger partial charge on any atom is 0.269 e. The van der Waals surface area contributed by atoms with Gasteiger partial charge in [-0.15, -0.1) is 0 Å². The van der Waals surface area contributed by atoms with Crippen molar-refractivity contribution in [2.45, 2.75) is 6.42 Å². The molecule has 1 aliphatic heterocycles. The third-order valence-corrected chi connectivity index (χ3v) is 2.73. The second kappa shape index (κ2) is 3.58. The Morgan fingerprint density at radius 1 is 1.24 bits per heavy atom. The Morgan fingerprint density at radius 2 is 2.06 bits per heavy atom. The Bertz CT molecular complexity index is 615. The van der Waals surface area contributed by atoms with Crippen LogP contribution >= 0.6 is 0 Å². The van der Waals surface area contributed by atoms with Gasteiger partial charge in [-0.05, 0) is 17.7 Å². The molecule has 1 aromatic heterocycles. The molecule has 1 aromatic carbocycles. The van der Waals surface area contributed by atoms with E-state index < -0.39 is 0 Å². The number of fused-ring (bicyclic) bond motifs is 1. The van der Waals surface area contributed by atoms with Crippen LogP contribution in [0.2, 0.25) is 0 Å². The van der Waals surface area contributed by atoms with Crippen LogP contribution in [0.25, 0.3) is 0 Å². The third kappa shape index (κ3) is 1.63. The Kier molecular flexibility index (Phi) is 2.07. The molecular weight excluding hydrogens is 222 g/mol. The minimum absolute atomic E-state index is 0.194. The van der Waals surface area contributed by atoms with Gasteiger partial charge in [-0.25, -0.2) is 0 Å². The fourth-order valence-corrected chi connectivity index (χ4v) is 1.83. The van der Waals surface area contributed by atoms with Crippen molar-refractivity contribution < 1.29 is 9.47 Å². The van der Waals surface area contributed by atoms with Crippen molar-refractivity contribution in [1.82, 2.24) is 10.2 Å². The number of hydrogen-bond acceptors (Lipinski definition) is 4.